The van der Waals surface area contributed by atoms with Gasteiger partial charge in [0.1, 0.15) is 17.8 Å². The third-order valence-corrected chi connectivity index (χ3v) is 5.78. The summed E-state index contributed by atoms with van der Waals surface area (Å²) >= 11 is 0. The van der Waals surface area contributed by atoms with Gasteiger partial charge in [0.05, 0.1) is 12.5 Å². The van der Waals surface area contributed by atoms with Crippen LogP contribution in [0.3, 0.4) is 0 Å². The Morgan fingerprint density at radius 1 is 1.21 bits per heavy atom. The summed E-state index contributed by atoms with van der Waals surface area (Å²) < 4.78 is 16.2. The first-order valence-corrected chi connectivity index (χ1v) is 9.77. The average molecular weight is 399 g/mol. The lowest BCUT2D eigenvalue weighted by Gasteiger charge is -2.37. The number of methoxy groups -OCH3 is 1. The minimum atomic E-state index is -0.438. The van der Waals surface area contributed by atoms with Crippen LogP contribution < -0.4 is 9.47 Å². The Morgan fingerprint density at radius 3 is 2.72 bits per heavy atom. The average Bonchev–Trinajstić information content (AvgIpc) is 3.39. The molecule has 0 bridgehead atoms. The van der Waals surface area contributed by atoms with Crippen LogP contribution in [0.2, 0.25) is 0 Å². The van der Waals surface area contributed by atoms with Crippen molar-refractivity contribution in [1.82, 2.24) is 14.8 Å². The number of benzene rings is 1. The van der Waals surface area contributed by atoms with E-state index in [9.17, 15) is 9.59 Å². The molecule has 8 heteroatoms. The first-order chi connectivity index (χ1) is 14.0. The molecule has 2 fully saturated rings. The highest BCUT2D eigenvalue weighted by Crippen LogP contribution is 2.40. The number of aromatic nitrogens is 1. The molecule has 0 N–H and O–H groups in total. The second-order valence-corrected chi connectivity index (χ2v) is 7.68. The maximum atomic E-state index is 12.8. The Balaban J connectivity index is 1.36. The Morgan fingerprint density at radius 2 is 1.97 bits per heavy atom. The summed E-state index contributed by atoms with van der Waals surface area (Å²) in [5.74, 6) is 1.66. The number of piperidine rings is 1. The molecule has 29 heavy (non-hydrogen) atoms. The van der Waals surface area contributed by atoms with Crippen molar-refractivity contribution >= 4 is 11.8 Å². The van der Waals surface area contributed by atoms with E-state index in [1.165, 1.54) is 6.26 Å². The van der Waals surface area contributed by atoms with Crippen LogP contribution in [0.4, 0.5) is 0 Å². The lowest BCUT2D eigenvalue weighted by Crippen LogP contribution is -2.48. The van der Waals surface area contributed by atoms with E-state index in [2.05, 4.69) is 4.98 Å². The Labute approximate surface area is 169 Å². The lowest BCUT2D eigenvalue weighted by molar-refractivity contribution is -0.143. The highest BCUT2D eigenvalue weighted by molar-refractivity contribution is 5.93. The summed E-state index contributed by atoms with van der Waals surface area (Å²) in [4.78, 5) is 33.3. The molecule has 2 saturated heterocycles. The van der Waals surface area contributed by atoms with E-state index < -0.39 is 5.41 Å². The number of hydrogen-bond donors (Lipinski definition) is 0. The summed E-state index contributed by atoms with van der Waals surface area (Å²) in [6.45, 7) is 1.91. The summed E-state index contributed by atoms with van der Waals surface area (Å²) in [5.41, 5.74) is -0.195. The predicted octanol–water partition coefficient (Wildman–Crippen LogP) is 2.35. The van der Waals surface area contributed by atoms with Gasteiger partial charge in [0.15, 0.2) is 12.3 Å². The Kier molecular flexibility index (Phi) is 5.17. The van der Waals surface area contributed by atoms with Crippen LogP contribution in [0, 0.1) is 5.41 Å². The number of carbonyl (C=O) groups excluding carboxylic acids is 2. The van der Waals surface area contributed by atoms with Crippen molar-refractivity contribution in [1.29, 1.82) is 0 Å². The van der Waals surface area contributed by atoms with Crippen LogP contribution in [-0.2, 0) is 11.4 Å². The fraction of sp³-hybridized carbons (Fsp3) is 0.476. The van der Waals surface area contributed by atoms with Gasteiger partial charge in [-0.05, 0) is 43.5 Å². The highest BCUT2D eigenvalue weighted by Gasteiger charge is 2.48. The van der Waals surface area contributed by atoms with Gasteiger partial charge in [0, 0.05) is 26.7 Å². The van der Waals surface area contributed by atoms with Crippen molar-refractivity contribution in [3.05, 3.63) is 42.1 Å². The van der Waals surface area contributed by atoms with Crippen molar-refractivity contribution in [3.63, 3.8) is 0 Å². The van der Waals surface area contributed by atoms with Crippen LogP contribution in [0.25, 0.3) is 0 Å². The standard InChI is InChI=1S/C21H25N3O5/c1-23-10-3-8-21(20(23)26)9-11-24(14-21)19(25)17-12-29-18(22-17)13-28-16-6-4-15(27-2)5-7-16/h4-7,12H,3,8-11,13-14H2,1-2H3. The molecule has 154 valence electrons. The molecule has 2 aliphatic rings. The van der Waals surface area contributed by atoms with Crippen LogP contribution in [-0.4, -0.2) is 60.4 Å². The molecule has 3 heterocycles. The second kappa shape index (κ2) is 7.77. The SMILES string of the molecule is COc1ccc(OCc2nc(C(=O)N3CCC4(CCCN(C)C4=O)C3)co2)cc1. The molecule has 0 saturated carbocycles. The molecule has 2 aliphatic heterocycles. The summed E-state index contributed by atoms with van der Waals surface area (Å²) in [5, 5.41) is 0. The van der Waals surface area contributed by atoms with Gasteiger partial charge in [0.2, 0.25) is 11.8 Å². The van der Waals surface area contributed by atoms with Gasteiger partial charge in [-0.2, -0.15) is 0 Å². The van der Waals surface area contributed by atoms with Gasteiger partial charge in [0.25, 0.3) is 5.91 Å². The third-order valence-electron chi connectivity index (χ3n) is 5.78. The van der Waals surface area contributed by atoms with Crippen LogP contribution in [0.5, 0.6) is 11.5 Å². The number of ether oxygens (including phenoxy) is 2. The zero-order valence-electron chi connectivity index (χ0n) is 16.7. The minimum absolute atomic E-state index is 0.118. The van der Waals surface area contributed by atoms with Crippen molar-refractivity contribution in [2.45, 2.75) is 25.9 Å². The third kappa shape index (κ3) is 3.79. The number of likely N-dealkylation sites (tertiary alicyclic amines) is 2. The molecule has 2 amide bonds. The van der Waals surface area contributed by atoms with Gasteiger partial charge in [-0.15, -0.1) is 0 Å². The van der Waals surface area contributed by atoms with Crippen molar-refractivity contribution in [3.8, 4) is 11.5 Å². The van der Waals surface area contributed by atoms with Crippen LogP contribution in [0.1, 0.15) is 35.6 Å². The summed E-state index contributed by atoms with van der Waals surface area (Å²) in [7, 11) is 3.44. The monoisotopic (exact) mass is 399 g/mol. The van der Waals surface area contributed by atoms with Gasteiger partial charge < -0.3 is 23.7 Å². The first kappa shape index (κ1) is 19.3. The van der Waals surface area contributed by atoms with Gasteiger partial charge in [-0.1, -0.05) is 0 Å². The largest absolute Gasteiger partial charge is 0.497 e. The quantitative estimate of drug-likeness (QED) is 0.767. The van der Waals surface area contributed by atoms with Crippen molar-refractivity contribution in [2.24, 2.45) is 5.41 Å². The molecular formula is C21H25N3O5. The number of amides is 2. The van der Waals surface area contributed by atoms with Gasteiger partial charge in [-0.3, -0.25) is 9.59 Å². The zero-order valence-corrected chi connectivity index (χ0v) is 16.7. The molecule has 1 unspecified atom stereocenters. The molecule has 1 aromatic heterocycles. The van der Waals surface area contributed by atoms with E-state index in [1.54, 1.807) is 41.2 Å². The summed E-state index contributed by atoms with van der Waals surface area (Å²) in [6.07, 6.45) is 3.86. The summed E-state index contributed by atoms with van der Waals surface area (Å²) in [6, 6.07) is 7.17. The van der Waals surface area contributed by atoms with Gasteiger partial charge in [-0.25, -0.2) is 4.98 Å². The Hall–Kier alpha value is -3.03. The fourth-order valence-corrected chi connectivity index (χ4v) is 4.15. The minimum Gasteiger partial charge on any atom is -0.497 e. The smallest absolute Gasteiger partial charge is 0.275 e. The zero-order chi connectivity index (χ0) is 20.4. The molecule has 0 radical (unpaired) electrons. The van der Waals surface area contributed by atoms with Crippen molar-refractivity contribution in [2.75, 3.05) is 33.8 Å². The molecule has 1 spiro atoms. The molecule has 1 atom stereocenters. The lowest BCUT2D eigenvalue weighted by atomic mass is 9.78. The molecule has 2 aromatic rings. The van der Waals surface area contributed by atoms with E-state index in [1.807, 2.05) is 7.05 Å². The number of oxazole rings is 1. The van der Waals surface area contributed by atoms with E-state index in [0.717, 1.165) is 25.1 Å². The predicted molar refractivity (Wildman–Crippen MR) is 104 cm³/mol. The van der Waals surface area contributed by atoms with Crippen LogP contribution in [0.15, 0.2) is 34.9 Å². The fourth-order valence-electron chi connectivity index (χ4n) is 4.15. The molecular weight excluding hydrogens is 374 g/mol. The molecule has 4 rings (SSSR count). The van der Waals surface area contributed by atoms with E-state index in [-0.39, 0.29) is 24.1 Å². The van der Waals surface area contributed by atoms with Gasteiger partial charge >= 0.3 is 0 Å². The second-order valence-electron chi connectivity index (χ2n) is 7.68. The number of hydrogen-bond acceptors (Lipinski definition) is 6. The maximum absolute atomic E-state index is 12.8. The first-order valence-electron chi connectivity index (χ1n) is 9.77. The number of nitrogens with zero attached hydrogens (tertiary/aromatic N) is 3. The topological polar surface area (TPSA) is 85.1 Å². The maximum Gasteiger partial charge on any atom is 0.275 e. The van der Waals surface area contributed by atoms with Crippen LogP contribution >= 0.6 is 0 Å². The number of carbonyl (C=O) groups is 2. The molecule has 0 aliphatic carbocycles. The molecule has 1 aromatic carbocycles. The number of rotatable bonds is 5. The van der Waals surface area contributed by atoms with Crippen molar-refractivity contribution < 1.29 is 23.5 Å². The Bertz CT molecular complexity index is 894. The van der Waals surface area contributed by atoms with E-state index >= 15 is 0 Å². The van der Waals surface area contributed by atoms with E-state index in [0.29, 0.717) is 31.2 Å². The van der Waals surface area contributed by atoms with E-state index in [4.69, 9.17) is 13.9 Å². The normalized spacial score (nSPS) is 21.7. The molecule has 8 nitrogen and oxygen atoms in total. The highest BCUT2D eigenvalue weighted by atomic mass is 16.5.